The second kappa shape index (κ2) is 8.81. The highest BCUT2D eigenvalue weighted by Gasteiger charge is 2.29. The van der Waals surface area contributed by atoms with E-state index in [1.165, 1.54) is 11.8 Å². The molecule has 4 rings (SSSR count). The average Bonchev–Trinajstić information content (AvgIpc) is 3.31. The van der Waals surface area contributed by atoms with E-state index in [0.29, 0.717) is 24.9 Å². The second-order valence-electron chi connectivity index (χ2n) is 7.64. The number of amides is 2. The maximum Gasteiger partial charge on any atom is 0.252 e. The molecule has 0 saturated carbocycles. The number of anilines is 1. The van der Waals surface area contributed by atoms with E-state index in [9.17, 15) is 18.0 Å². The maximum absolute atomic E-state index is 12.8. The van der Waals surface area contributed by atoms with Gasteiger partial charge in [0.15, 0.2) is 9.84 Å². The summed E-state index contributed by atoms with van der Waals surface area (Å²) in [4.78, 5) is 27.2. The van der Waals surface area contributed by atoms with Crippen LogP contribution in [0.15, 0.2) is 53.4 Å². The van der Waals surface area contributed by atoms with Crippen LogP contribution in [0.1, 0.15) is 35.2 Å². The van der Waals surface area contributed by atoms with E-state index in [0.717, 1.165) is 29.1 Å². The summed E-state index contributed by atoms with van der Waals surface area (Å²) in [6.45, 7) is 1.13. The Morgan fingerprint density at radius 3 is 2.57 bits per heavy atom. The molecule has 6 nitrogen and oxygen atoms in total. The lowest BCUT2D eigenvalue weighted by molar-refractivity contribution is -0.117. The van der Waals surface area contributed by atoms with Gasteiger partial charge in [-0.1, -0.05) is 24.3 Å². The van der Waals surface area contributed by atoms with Gasteiger partial charge in [0.2, 0.25) is 5.91 Å². The van der Waals surface area contributed by atoms with Crippen molar-refractivity contribution in [1.29, 1.82) is 0 Å². The number of carbonyl (C=O) groups is 2. The number of rotatable bonds is 6. The van der Waals surface area contributed by atoms with Gasteiger partial charge in [0, 0.05) is 35.3 Å². The number of benzene rings is 2. The minimum Gasteiger partial charge on any atom is -0.348 e. The van der Waals surface area contributed by atoms with Crippen LogP contribution in [-0.4, -0.2) is 43.5 Å². The van der Waals surface area contributed by atoms with Crippen molar-refractivity contribution >= 4 is 39.1 Å². The molecule has 2 amide bonds. The highest BCUT2D eigenvalue weighted by atomic mass is 32.2. The van der Waals surface area contributed by atoms with Gasteiger partial charge in [-0.25, -0.2) is 8.42 Å². The quantitative estimate of drug-likeness (QED) is 0.741. The van der Waals surface area contributed by atoms with Gasteiger partial charge < -0.3 is 10.2 Å². The van der Waals surface area contributed by atoms with Crippen LogP contribution < -0.4 is 10.2 Å². The van der Waals surface area contributed by atoms with Gasteiger partial charge in [-0.3, -0.25) is 9.59 Å². The van der Waals surface area contributed by atoms with Crippen molar-refractivity contribution in [2.45, 2.75) is 36.0 Å². The second-order valence-corrected chi connectivity index (χ2v) is 11.2. The summed E-state index contributed by atoms with van der Waals surface area (Å²) >= 11 is 1.47. The van der Waals surface area contributed by atoms with Crippen LogP contribution in [0.2, 0.25) is 0 Å². The largest absolute Gasteiger partial charge is 0.348 e. The van der Waals surface area contributed by atoms with Gasteiger partial charge in [-0.05, 0) is 42.7 Å². The monoisotopic (exact) mass is 444 g/mol. The van der Waals surface area contributed by atoms with E-state index in [4.69, 9.17) is 0 Å². The van der Waals surface area contributed by atoms with Crippen molar-refractivity contribution in [3.63, 3.8) is 0 Å². The third kappa shape index (κ3) is 4.87. The lowest BCUT2D eigenvalue weighted by Crippen LogP contribution is -2.24. The highest BCUT2D eigenvalue weighted by molar-refractivity contribution is 8.02. The van der Waals surface area contributed by atoms with Crippen LogP contribution in [-0.2, 0) is 21.2 Å². The third-order valence-electron chi connectivity index (χ3n) is 5.39. The minimum atomic E-state index is -2.95. The number of hydrogen-bond acceptors (Lipinski definition) is 5. The lowest BCUT2D eigenvalue weighted by atomic mass is 10.1. The molecule has 2 aromatic carbocycles. The Balaban J connectivity index is 1.38. The van der Waals surface area contributed by atoms with Crippen molar-refractivity contribution in [2.24, 2.45) is 0 Å². The molecular formula is C22H24N2O4S2. The summed E-state index contributed by atoms with van der Waals surface area (Å²) in [5, 5.41) is 2.93. The average molecular weight is 445 g/mol. The standard InChI is InChI=1S/C22H24N2O4S2/c25-21-6-3-12-24(21)17-9-7-16(8-10-17)14-23-22(26)19-4-1-2-5-20(19)29-18-11-13-30(27,28)15-18/h1-2,4-5,7-10,18H,3,6,11-15H2,(H,23,26)/t18-/m0/s1. The molecule has 2 aromatic rings. The fourth-order valence-corrected chi connectivity index (χ4v) is 7.41. The topological polar surface area (TPSA) is 83.6 Å². The lowest BCUT2D eigenvalue weighted by Gasteiger charge is -2.16. The van der Waals surface area contributed by atoms with Crippen molar-refractivity contribution in [2.75, 3.05) is 23.0 Å². The summed E-state index contributed by atoms with van der Waals surface area (Å²) in [5.41, 5.74) is 2.40. The molecule has 2 fully saturated rings. The summed E-state index contributed by atoms with van der Waals surface area (Å²) in [6.07, 6.45) is 2.11. The molecule has 2 aliphatic rings. The molecule has 0 bridgehead atoms. The van der Waals surface area contributed by atoms with Crippen LogP contribution in [0.3, 0.4) is 0 Å². The summed E-state index contributed by atoms with van der Waals surface area (Å²) in [6, 6.07) is 15.0. The molecule has 0 unspecified atom stereocenters. The van der Waals surface area contributed by atoms with E-state index >= 15 is 0 Å². The van der Waals surface area contributed by atoms with Crippen LogP contribution in [0.25, 0.3) is 0 Å². The Kier molecular flexibility index (Phi) is 6.15. The zero-order valence-corrected chi connectivity index (χ0v) is 18.2. The maximum atomic E-state index is 12.8. The molecule has 158 valence electrons. The summed E-state index contributed by atoms with van der Waals surface area (Å²) in [7, 11) is -2.95. The smallest absolute Gasteiger partial charge is 0.252 e. The third-order valence-corrected chi connectivity index (χ3v) is 8.72. The van der Waals surface area contributed by atoms with Gasteiger partial charge >= 0.3 is 0 Å². The first kappa shape index (κ1) is 20.9. The number of carbonyl (C=O) groups excluding carboxylic acids is 2. The highest BCUT2D eigenvalue weighted by Crippen LogP contribution is 2.33. The van der Waals surface area contributed by atoms with Crippen molar-refractivity contribution in [3.8, 4) is 0 Å². The number of nitrogens with one attached hydrogen (secondary N) is 1. The van der Waals surface area contributed by atoms with Crippen molar-refractivity contribution < 1.29 is 18.0 Å². The predicted molar refractivity (Wildman–Crippen MR) is 119 cm³/mol. The Labute approximate surface area is 181 Å². The molecule has 8 heteroatoms. The molecule has 0 aromatic heterocycles. The summed E-state index contributed by atoms with van der Waals surface area (Å²) < 4.78 is 23.4. The van der Waals surface area contributed by atoms with Crippen LogP contribution in [0.4, 0.5) is 5.69 Å². The number of hydrogen-bond donors (Lipinski definition) is 1. The van der Waals surface area contributed by atoms with Crippen molar-refractivity contribution in [1.82, 2.24) is 5.32 Å². The van der Waals surface area contributed by atoms with Crippen LogP contribution in [0.5, 0.6) is 0 Å². The van der Waals surface area contributed by atoms with Gasteiger partial charge in [0.1, 0.15) is 0 Å². The van der Waals surface area contributed by atoms with Gasteiger partial charge in [-0.15, -0.1) is 11.8 Å². The molecule has 0 spiro atoms. The first-order valence-corrected chi connectivity index (χ1v) is 12.7. The Bertz CT molecular complexity index is 1050. The first-order valence-electron chi connectivity index (χ1n) is 10.0. The SMILES string of the molecule is O=C(NCc1ccc(N2CCCC2=O)cc1)c1ccccc1S[C@H]1CCS(=O)(=O)C1. The van der Waals surface area contributed by atoms with E-state index < -0.39 is 9.84 Å². The molecule has 1 N–H and O–H groups in total. The van der Waals surface area contributed by atoms with E-state index in [1.54, 1.807) is 11.0 Å². The predicted octanol–water partition coefficient (Wildman–Crippen LogP) is 3.02. The Hall–Kier alpha value is -2.32. The molecule has 2 aliphatic heterocycles. The molecule has 1 atom stereocenters. The Morgan fingerprint density at radius 1 is 1.13 bits per heavy atom. The zero-order chi connectivity index (χ0) is 21.1. The zero-order valence-electron chi connectivity index (χ0n) is 16.5. The fourth-order valence-electron chi connectivity index (χ4n) is 3.78. The number of nitrogens with zero attached hydrogens (tertiary/aromatic N) is 1. The van der Waals surface area contributed by atoms with Crippen LogP contribution >= 0.6 is 11.8 Å². The molecule has 2 saturated heterocycles. The Morgan fingerprint density at radius 2 is 1.90 bits per heavy atom. The molecule has 0 radical (unpaired) electrons. The van der Waals surface area contributed by atoms with Gasteiger partial charge in [0.25, 0.3) is 5.91 Å². The number of sulfone groups is 1. The molecular weight excluding hydrogens is 420 g/mol. The van der Waals surface area contributed by atoms with Gasteiger partial charge in [0.05, 0.1) is 17.1 Å². The molecule has 0 aliphatic carbocycles. The van der Waals surface area contributed by atoms with Gasteiger partial charge in [-0.2, -0.15) is 0 Å². The van der Waals surface area contributed by atoms with E-state index in [1.807, 2.05) is 42.5 Å². The normalized spacial score (nSPS) is 20.5. The minimum absolute atomic E-state index is 0.00945. The summed E-state index contributed by atoms with van der Waals surface area (Å²) in [5.74, 6) is 0.357. The van der Waals surface area contributed by atoms with Crippen LogP contribution in [0, 0.1) is 0 Å². The van der Waals surface area contributed by atoms with Crippen molar-refractivity contribution in [3.05, 3.63) is 59.7 Å². The number of thioether (sulfide) groups is 1. The first-order chi connectivity index (χ1) is 14.4. The van der Waals surface area contributed by atoms with E-state index in [2.05, 4.69) is 5.32 Å². The molecule has 30 heavy (non-hydrogen) atoms. The molecule has 2 heterocycles. The fraction of sp³-hybridized carbons (Fsp3) is 0.364. The van der Waals surface area contributed by atoms with E-state index in [-0.39, 0.29) is 28.6 Å².